The van der Waals surface area contributed by atoms with E-state index in [4.69, 9.17) is 0 Å². The molecule has 1 radical (unpaired) electrons. The molecule has 0 amide bonds. The number of hydrogen-bond acceptors (Lipinski definition) is 1. The van der Waals surface area contributed by atoms with Crippen molar-refractivity contribution in [2.45, 2.75) is 0 Å². The van der Waals surface area contributed by atoms with Gasteiger partial charge in [0, 0.05) is 34.0 Å². The van der Waals surface area contributed by atoms with Crippen LogP contribution in [-0.4, -0.2) is 34.7 Å². The summed E-state index contributed by atoms with van der Waals surface area (Å²) in [5.41, 5.74) is 0. The summed E-state index contributed by atoms with van der Waals surface area (Å²) in [5.74, 6) is 0.225. The maximum atomic E-state index is 9.22. The molecule has 5 heteroatoms. The monoisotopic (exact) mass is 351 g/mol. The van der Waals surface area contributed by atoms with Gasteiger partial charge >= 0.3 is 0 Å². The van der Waals surface area contributed by atoms with E-state index in [1.807, 2.05) is 0 Å². The third-order valence-corrected chi connectivity index (χ3v) is 2.65. The Bertz CT molecular complexity index is 241. The van der Waals surface area contributed by atoms with Gasteiger partial charge in [-0.25, -0.2) is 0 Å². The van der Waals surface area contributed by atoms with Gasteiger partial charge in [0.25, 0.3) is 0 Å². The summed E-state index contributed by atoms with van der Waals surface area (Å²) in [5, 5.41) is 9.22. The van der Waals surface area contributed by atoms with Crippen LogP contribution in [0.15, 0.2) is 25.6 Å². The zero-order valence-corrected chi connectivity index (χ0v) is 12.5. The first kappa shape index (κ1) is 12.5. The van der Waals surface area contributed by atoms with Gasteiger partial charge in [0.2, 0.25) is 0 Å². The standard InChI is InChI=1S/C6H3Br3O.Na/c7-3-1-4(8)6(10)5(9)2-3;/h1-2,10H;. The van der Waals surface area contributed by atoms with Crippen LogP contribution in [0.1, 0.15) is 0 Å². The normalized spacial score (nSPS) is 9.00. The maximum Gasteiger partial charge on any atom is 0.144 e. The topological polar surface area (TPSA) is 20.2 Å². The van der Waals surface area contributed by atoms with Gasteiger partial charge in [-0.2, -0.15) is 0 Å². The minimum absolute atomic E-state index is 0. The first-order chi connectivity index (χ1) is 4.61. The first-order valence-corrected chi connectivity index (χ1v) is 4.82. The van der Waals surface area contributed by atoms with Crippen LogP contribution in [0.25, 0.3) is 0 Å². The Morgan fingerprint density at radius 1 is 1.00 bits per heavy atom. The number of rotatable bonds is 0. The molecule has 1 nitrogen and oxygen atoms in total. The van der Waals surface area contributed by atoms with E-state index in [2.05, 4.69) is 47.8 Å². The molecule has 0 aliphatic carbocycles. The van der Waals surface area contributed by atoms with Crippen LogP contribution in [0.5, 0.6) is 5.75 Å². The minimum Gasteiger partial charge on any atom is -0.506 e. The molecule has 55 valence electrons. The smallest absolute Gasteiger partial charge is 0.144 e. The average Bonchev–Trinajstić information content (AvgIpc) is 1.82. The summed E-state index contributed by atoms with van der Waals surface area (Å²) >= 11 is 9.65. The predicted octanol–water partition coefficient (Wildman–Crippen LogP) is 3.30. The Hall–Kier alpha value is 1.46. The van der Waals surface area contributed by atoms with Gasteiger partial charge in [0.05, 0.1) is 8.95 Å². The Morgan fingerprint density at radius 2 is 1.36 bits per heavy atom. The number of benzene rings is 1. The summed E-state index contributed by atoms with van der Waals surface area (Å²) in [4.78, 5) is 0. The Morgan fingerprint density at radius 3 is 1.73 bits per heavy atom. The molecule has 1 rings (SSSR count). The van der Waals surface area contributed by atoms with Crippen molar-refractivity contribution in [3.8, 4) is 5.75 Å². The molecule has 1 aromatic rings. The number of hydrogen-bond donors (Lipinski definition) is 1. The second-order valence-electron chi connectivity index (χ2n) is 1.72. The first-order valence-electron chi connectivity index (χ1n) is 2.45. The molecular weight excluding hydrogens is 351 g/mol. The summed E-state index contributed by atoms with van der Waals surface area (Å²) in [6.07, 6.45) is 0. The number of phenols is 1. The largest absolute Gasteiger partial charge is 0.506 e. The minimum atomic E-state index is 0. The Balaban J connectivity index is 0.000001000. The van der Waals surface area contributed by atoms with Crippen molar-refractivity contribution in [2.24, 2.45) is 0 Å². The van der Waals surface area contributed by atoms with Crippen molar-refractivity contribution in [3.63, 3.8) is 0 Å². The molecule has 1 aromatic carbocycles. The molecule has 0 saturated heterocycles. The van der Waals surface area contributed by atoms with Crippen LogP contribution in [0.3, 0.4) is 0 Å². The van der Waals surface area contributed by atoms with E-state index in [-0.39, 0.29) is 35.3 Å². The molecule has 0 saturated carbocycles. The second-order valence-corrected chi connectivity index (χ2v) is 4.34. The molecule has 0 bridgehead atoms. The number of aromatic hydroxyl groups is 1. The number of phenolic OH excluding ortho intramolecular Hbond substituents is 1. The van der Waals surface area contributed by atoms with Gasteiger partial charge in [0.1, 0.15) is 5.75 Å². The van der Waals surface area contributed by atoms with E-state index < -0.39 is 0 Å². The van der Waals surface area contributed by atoms with E-state index in [9.17, 15) is 5.11 Å². The summed E-state index contributed by atoms with van der Waals surface area (Å²) in [6.45, 7) is 0. The molecular formula is C6H3Br3NaO. The van der Waals surface area contributed by atoms with Crippen molar-refractivity contribution in [3.05, 3.63) is 25.6 Å². The third-order valence-electron chi connectivity index (χ3n) is 0.982. The van der Waals surface area contributed by atoms with Crippen LogP contribution in [0, 0.1) is 0 Å². The zero-order chi connectivity index (χ0) is 7.72. The van der Waals surface area contributed by atoms with Crippen LogP contribution >= 0.6 is 47.8 Å². The Kier molecular flexibility index (Phi) is 5.94. The van der Waals surface area contributed by atoms with Crippen molar-refractivity contribution in [1.82, 2.24) is 0 Å². The average molecular weight is 354 g/mol. The molecule has 0 spiro atoms. The van der Waals surface area contributed by atoms with E-state index in [1.165, 1.54) is 0 Å². The molecule has 0 unspecified atom stereocenters. The van der Waals surface area contributed by atoms with E-state index >= 15 is 0 Å². The van der Waals surface area contributed by atoms with Gasteiger partial charge in [-0.1, -0.05) is 15.9 Å². The molecule has 1 N–H and O–H groups in total. The molecule has 0 fully saturated rings. The zero-order valence-electron chi connectivity index (χ0n) is 5.74. The third kappa shape index (κ3) is 3.36. The van der Waals surface area contributed by atoms with Gasteiger partial charge < -0.3 is 5.11 Å². The van der Waals surface area contributed by atoms with Crippen LogP contribution in [-0.2, 0) is 0 Å². The molecule has 0 aliphatic heterocycles. The van der Waals surface area contributed by atoms with Crippen molar-refractivity contribution in [1.29, 1.82) is 0 Å². The second kappa shape index (κ2) is 5.25. The SMILES string of the molecule is Oc1c(Br)cc(Br)cc1Br.[Na]. The maximum absolute atomic E-state index is 9.22. The summed E-state index contributed by atoms with van der Waals surface area (Å²) in [7, 11) is 0. The van der Waals surface area contributed by atoms with E-state index in [0.29, 0.717) is 8.95 Å². The van der Waals surface area contributed by atoms with Gasteiger partial charge in [0.15, 0.2) is 0 Å². The van der Waals surface area contributed by atoms with E-state index in [0.717, 1.165) is 4.47 Å². The quantitative estimate of drug-likeness (QED) is 0.710. The van der Waals surface area contributed by atoms with Gasteiger partial charge in [-0.05, 0) is 44.0 Å². The summed E-state index contributed by atoms with van der Waals surface area (Å²) in [6, 6.07) is 3.56. The molecule has 0 aliphatic rings. The fourth-order valence-electron chi connectivity index (χ4n) is 0.535. The van der Waals surface area contributed by atoms with Crippen molar-refractivity contribution >= 4 is 77.3 Å². The molecule has 0 atom stereocenters. The number of halogens is 3. The van der Waals surface area contributed by atoms with Crippen LogP contribution in [0.4, 0.5) is 0 Å². The molecule has 0 aromatic heterocycles. The Labute approximate surface area is 112 Å². The van der Waals surface area contributed by atoms with Gasteiger partial charge in [-0.15, -0.1) is 0 Å². The molecule has 11 heavy (non-hydrogen) atoms. The fraction of sp³-hybridized carbons (Fsp3) is 0. The van der Waals surface area contributed by atoms with Gasteiger partial charge in [-0.3, -0.25) is 0 Å². The summed E-state index contributed by atoms with van der Waals surface area (Å²) < 4.78 is 2.27. The van der Waals surface area contributed by atoms with Crippen molar-refractivity contribution < 1.29 is 5.11 Å². The van der Waals surface area contributed by atoms with Crippen LogP contribution < -0.4 is 0 Å². The fourth-order valence-corrected chi connectivity index (χ4v) is 2.79. The van der Waals surface area contributed by atoms with Crippen molar-refractivity contribution in [2.75, 3.05) is 0 Å². The van der Waals surface area contributed by atoms with Crippen LogP contribution in [0.2, 0.25) is 0 Å². The molecule has 0 heterocycles. The predicted molar refractivity (Wildman–Crippen MR) is 57.0 cm³/mol. The van der Waals surface area contributed by atoms with E-state index in [1.54, 1.807) is 12.1 Å².